The zero-order valence-electron chi connectivity index (χ0n) is 15.8. The molecule has 1 spiro atoms. The van der Waals surface area contributed by atoms with Crippen molar-refractivity contribution in [1.82, 2.24) is 9.88 Å². The van der Waals surface area contributed by atoms with Gasteiger partial charge in [0, 0.05) is 30.1 Å². The Kier molecular flexibility index (Phi) is 4.03. The molecule has 5 nitrogen and oxygen atoms in total. The number of rotatable bonds is 3. The first-order valence-electron chi connectivity index (χ1n) is 9.44. The van der Waals surface area contributed by atoms with Gasteiger partial charge in [0.1, 0.15) is 5.82 Å². The summed E-state index contributed by atoms with van der Waals surface area (Å²) >= 11 is 0. The van der Waals surface area contributed by atoms with E-state index in [1.807, 2.05) is 30.0 Å². The van der Waals surface area contributed by atoms with Crippen LogP contribution in [0.3, 0.4) is 0 Å². The summed E-state index contributed by atoms with van der Waals surface area (Å²) in [5.41, 5.74) is 1.55. The molecule has 5 rings (SSSR count). The highest BCUT2D eigenvalue weighted by Crippen LogP contribution is 2.39. The van der Waals surface area contributed by atoms with Gasteiger partial charge in [-0.1, -0.05) is 24.3 Å². The van der Waals surface area contributed by atoms with Gasteiger partial charge in [-0.3, -0.25) is 4.79 Å². The highest BCUT2D eigenvalue weighted by atomic mass is 19.2. The molecule has 0 bridgehead atoms. The number of aryl methyl sites for hydroxylation is 1. The van der Waals surface area contributed by atoms with E-state index in [1.165, 1.54) is 18.3 Å². The second-order valence-corrected chi connectivity index (χ2v) is 7.90. The van der Waals surface area contributed by atoms with E-state index >= 15 is 0 Å². The summed E-state index contributed by atoms with van der Waals surface area (Å²) in [5, 5.41) is 4.31. The number of fused-ring (bicyclic) bond motifs is 1. The van der Waals surface area contributed by atoms with Crippen LogP contribution in [0.5, 0.6) is 0 Å². The second-order valence-electron chi connectivity index (χ2n) is 7.90. The third kappa shape index (κ3) is 2.84. The molecule has 3 heterocycles. The molecule has 0 aliphatic carbocycles. The van der Waals surface area contributed by atoms with Crippen molar-refractivity contribution in [3.05, 3.63) is 65.4 Å². The van der Waals surface area contributed by atoms with E-state index in [9.17, 15) is 13.6 Å². The van der Waals surface area contributed by atoms with Crippen molar-refractivity contribution < 1.29 is 18.3 Å². The fourth-order valence-corrected chi connectivity index (χ4v) is 4.13. The standard InChI is InChI=1S/C22H19F2N3O2/c1-13-4-2-5-14-18(13)15(21(28)27-9-22(10-27)11-29-12-22)8-25-20(14)26-17-7-3-6-16(23)19(17)24/h2-8H,9-12H2,1H3,(H,25,26). The predicted octanol–water partition coefficient (Wildman–Crippen LogP) is 4.04. The van der Waals surface area contributed by atoms with E-state index in [0.717, 1.165) is 17.0 Å². The van der Waals surface area contributed by atoms with E-state index in [-0.39, 0.29) is 17.0 Å². The molecule has 2 saturated heterocycles. The first-order valence-corrected chi connectivity index (χ1v) is 9.44. The number of nitrogens with zero attached hydrogens (tertiary/aromatic N) is 2. The maximum Gasteiger partial charge on any atom is 0.256 e. The number of benzene rings is 2. The van der Waals surface area contributed by atoms with E-state index < -0.39 is 11.6 Å². The van der Waals surface area contributed by atoms with Gasteiger partial charge in [-0.25, -0.2) is 13.8 Å². The SMILES string of the molecule is Cc1cccc2c(Nc3cccc(F)c3F)ncc(C(=O)N3CC4(COC4)C3)c12. The number of hydrogen-bond acceptors (Lipinski definition) is 4. The molecule has 3 aromatic rings. The third-order valence-electron chi connectivity index (χ3n) is 5.71. The molecular weight excluding hydrogens is 376 g/mol. The Morgan fingerprint density at radius 1 is 1.17 bits per heavy atom. The first-order chi connectivity index (χ1) is 14.0. The van der Waals surface area contributed by atoms with Crippen molar-refractivity contribution in [2.75, 3.05) is 31.6 Å². The lowest BCUT2D eigenvalue weighted by Gasteiger charge is -2.54. The van der Waals surface area contributed by atoms with Gasteiger partial charge in [0.2, 0.25) is 0 Å². The molecule has 2 aromatic carbocycles. The van der Waals surface area contributed by atoms with Crippen molar-refractivity contribution in [2.24, 2.45) is 5.41 Å². The Labute approximate surface area is 166 Å². The minimum absolute atomic E-state index is 0.00551. The average molecular weight is 395 g/mol. The molecule has 2 aliphatic heterocycles. The number of hydrogen-bond donors (Lipinski definition) is 1. The maximum absolute atomic E-state index is 14.1. The van der Waals surface area contributed by atoms with Gasteiger partial charge in [0.05, 0.1) is 29.9 Å². The topological polar surface area (TPSA) is 54.5 Å². The Bertz CT molecular complexity index is 1140. The number of pyridine rings is 1. The predicted molar refractivity (Wildman–Crippen MR) is 105 cm³/mol. The summed E-state index contributed by atoms with van der Waals surface area (Å²) < 4.78 is 33.0. The van der Waals surface area contributed by atoms with Gasteiger partial charge < -0.3 is 15.0 Å². The van der Waals surface area contributed by atoms with E-state index in [2.05, 4.69) is 10.3 Å². The van der Waals surface area contributed by atoms with E-state index in [4.69, 9.17) is 4.74 Å². The maximum atomic E-state index is 14.1. The lowest BCUT2D eigenvalue weighted by molar-refractivity contribution is -0.176. The van der Waals surface area contributed by atoms with E-state index in [1.54, 1.807) is 0 Å². The van der Waals surface area contributed by atoms with Crippen LogP contribution in [0, 0.1) is 24.0 Å². The van der Waals surface area contributed by atoms with Crippen LogP contribution in [0.25, 0.3) is 10.8 Å². The monoisotopic (exact) mass is 395 g/mol. The largest absolute Gasteiger partial charge is 0.380 e. The lowest BCUT2D eigenvalue weighted by atomic mass is 9.77. The Balaban J connectivity index is 1.53. The van der Waals surface area contributed by atoms with Gasteiger partial charge in [-0.15, -0.1) is 0 Å². The van der Waals surface area contributed by atoms with Crippen LogP contribution in [-0.4, -0.2) is 42.1 Å². The van der Waals surface area contributed by atoms with Crippen LogP contribution >= 0.6 is 0 Å². The summed E-state index contributed by atoms with van der Waals surface area (Å²) in [6.45, 7) is 4.71. The number of amides is 1. The van der Waals surface area contributed by atoms with Crippen LogP contribution in [-0.2, 0) is 4.74 Å². The minimum atomic E-state index is -0.969. The van der Waals surface area contributed by atoms with Crippen molar-refractivity contribution in [1.29, 1.82) is 0 Å². The molecule has 2 aliphatic rings. The van der Waals surface area contributed by atoms with Gasteiger partial charge in [0.15, 0.2) is 11.6 Å². The van der Waals surface area contributed by atoms with Gasteiger partial charge in [-0.2, -0.15) is 0 Å². The molecule has 0 atom stereocenters. The number of carbonyl (C=O) groups excluding carboxylic acids is 1. The Morgan fingerprint density at radius 2 is 1.93 bits per heavy atom. The number of anilines is 2. The van der Waals surface area contributed by atoms with Crippen LogP contribution in [0.2, 0.25) is 0 Å². The minimum Gasteiger partial charge on any atom is -0.380 e. The second kappa shape index (κ2) is 6.49. The van der Waals surface area contributed by atoms with Gasteiger partial charge >= 0.3 is 0 Å². The van der Waals surface area contributed by atoms with Crippen molar-refractivity contribution in [3.8, 4) is 0 Å². The molecule has 0 saturated carbocycles. The summed E-state index contributed by atoms with van der Waals surface area (Å²) in [6.07, 6.45) is 1.51. The van der Waals surface area contributed by atoms with Crippen molar-refractivity contribution in [3.63, 3.8) is 0 Å². The first kappa shape index (κ1) is 18.0. The number of ether oxygens (including phenoxy) is 1. The Morgan fingerprint density at radius 3 is 2.66 bits per heavy atom. The molecule has 0 radical (unpaired) electrons. The molecule has 0 unspecified atom stereocenters. The van der Waals surface area contributed by atoms with Crippen molar-refractivity contribution >= 4 is 28.2 Å². The summed E-state index contributed by atoms with van der Waals surface area (Å²) in [7, 11) is 0. The summed E-state index contributed by atoms with van der Waals surface area (Å²) in [5.74, 6) is -1.60. The molecule has 7 heteroatoms. The number of nitrogens with one attached hydrogen (secondary N) is 1. The number of likely N-dealkylation sites (tertiary alicyclic amines) is 1. The van der Waals surface area contributed by atoms with Crippen LogP contribution < -0.4 is 5.32 Å². The Hall–Kier alpha value is -3.06. The summed E-state index contributed by atoms with van der Waals surface area (Å²) in [4.78, 5) is 19.3. The van der Waals surface area contributed by atoms with Crippen LogP contribution in [0.15, 0.2) is 42.6 Å². The highest BCUT2D eigenvalue weighted by molar-refractivity contribution is 6.11. The normalized spacial score (nSPS) is 17.1. The van der Waals surface area contributed by atoms with Crippen LogP contribution in [0.1, 0.15) is 15.9 Å². The van der Waals surface area contributed by atoms with Crippen molar-refractivity contribution in [2.45, 2.75) is 6.92 Å². The smallest absolute Gasteiger partial charge is 0.256 e. The highest BCUT2D eigenvalue weighted by Gasteiger charge is 2.50. The number of carbonyl (C=O) groups is 1. The quantitative estimate of drug-likeness (QED) is 0.727. The molecule has 29 heavy (non-hydrogen) atoms. The third-order valence-corrected chi connectivity index (χ3v) is 5.71. The molecule has 2 fully saturated rings. The van der Waals surface area contributed by atoms with Gasteiger partial charge in [0.25, 0.3) is 5.91 Å². The molecular formula is C22H19F2N3O2. The molecule has 1 amide bonds. The molecule has 148 valence electrons. The van der Waals surface area contributed by atoms with Crippen LogP contribution in [0.4, 0.5) is 20.3 Å². The lowest BCUT2D eigenvalue weighted by Crippen LogP contribution is -2.67. The zero-order chi connectivity index (χ0) is 20.2. The number of aromatic nitrogens is 1. The fourth-order valence-electron chi connectivity index (χ4n) is 4.13. The summed E-state index contributed by atoms with van der Waals surface area (Å²) in [6, 6.07) is 9.53. The molecule has 1 N–H and O–H groups in total. The zero-order valence-corrected chi connectivity index (χ0v) is 15.8. The average Bonchev–Trinajstić information content (AvgIpc) is 2.63. The fraction of sp³-hybridized carbons (Fsp3) is 0.273. The van der Waals surface area contributed by atoms with E-state index in [0.29, 0.717) is 43.1 Å². The number of halogens is 2. The molecule has 1 aromatic heterocycles. The van der Waals surface area contributed by atoms with Gasteiger partial charge in [-0.05, 0) is 24.6 Å².